The molecule has 2 heterocycles. The van der Waals surface area contributed by atoms with Crippen molar-refractivity contribution in [2.24, 2.45) is 0 Å². The van der Waals surface area contributed by atoms with Crippen LogP contribution in [-0.4, -0.2) is 24.0 Å². The van der Waals surface area contributed by atoms with Gasteiger partial charge >= 0.3 is 0 Å². The molecule has 1 N–H and O–H groups in total. The number of carbonyl (C=O) groups is 1. The van der Waals surface area contributed by atoms with Gasteiger partial charge in [0, 0.05) is 35.9 Å². The first-order valence-electron chi connectivity index (χ1n) is 9.04. The number of amides is 1. The van der Waals surface area contributed by atoms with Crippen LogP contribution < -0.4 is 10.2 Å². The van der Waals surface area contributed by atoms with E-state index < -0.39 is 23.4 Å². The van der Waals surface area contributed by atoms with Gasteiger partial charge in [-0.1, -0.05) is 0 Å². The number of nitrogens with one attached hydrogen (secondary N) is 1. The molecule has 144 valence electrons. The van der Waals surface area contributed by atoms with Crippen molar-refractivity contribution >= 4 is 28.2 Å². The van der Waals surface area contributed by atoms with E-state index in [1.807, 2.05) is 0 Å². The Morgan fingerprint density at radius 1 is 1.04 bits per heavy atom. The van der Waals surface area contributed by atoms with Crippen LogP contribution in [0, 0.1) is 24.4 Å². The van der Waals surface area contributed by atoms with Crippen LogP contribution in [0.2, 0.25) is 0 Å². The average Bonchev–Trinajstić information content (AvgIpc) is 3.14. The summed E-state index contributed by atoms with van der Waals surface area (Å²) in [5, 5.41) is 2.99. The van der Waals surface area contributed by atoms with Crippen molar-refractivity contribution in [2.45, 2.75) is 19.8 Å². The lowest BCUT2D eigenvalue weighted by atomic mass is 10.1. The quantitative estimate of drug-likeness (QED) is 0.704. The van der Waals surface area contributed by atoms with Crippen molar-refractivity contribution in [3.63, 3.8) is 0 Å². The van der Waals surface area contributed by atoms with Crippen LogP contribution >= 0.6 is 0 Å². The van der Waals surface area contributed by atoms with E-state index in [0.717, 1.165) is 25.0 Å². The predicted octanol–water partition coefficient (Wildman–Crippen LogP) is 4.81. The fourth-order valence-corrected chi connectivity index (χ4v) is 3.60. The third-order valence-corrected chi connectivity index (χ3v) is 4.84. The molecule has 0 bridgehead atoms. The van der Waals surface area contributed by atoms with E-state index in [9.17, 15) is 18.0 Å². The first-order chi connectivity index (χ1) is 13.4. The molecule has 3 aromatic rings. The Balaban J connectivity index is 1.66. The monoisotopic (exact) mass is 385 g/mol. The van der Waals surface area contributed by atoms with E-state index in [1.54, 1.807) is 17.9 Å². The summed E-state index contributed by atoms with van der Waals surface area (Å²) in [4.78, 5) is 18.6. The van der Waals surface area contributed by atoms with Gasteiger partial charge < -0.3 is 10.2 Å². The van der Waals surface area contributed by atoms with Crippen LogP contribution in [0.25, 0.3) is 10.9 Å². The number of anilines is 2. The highest BCUT2D eigenvalue weighted by Gasteiger charge is 2.22. The number of benzene rings is 2. The molecule has 4 rings (SSSR count). The number of carbonyl (C=O) groups excluding carboxylic acids is 1. The SMILES string of the molecule is Cc1cc(C(=O)Nc2cc(F)c(N3CCCC3)c(F)c2)c2ccc(F)cc2n1. The minimum atomic E-state index is -0.713. The van der Waals surface area contributed by atoms with Crippen molar-refractivity contribution in [2.75, 3.05) is 23.3 Å². The summed E-state index contributed by atoms with van der Waals surface area (Å²) in [5.74, 6) is -2.43. The molecule has 1 amide bonds. The van der Waals surface area contributed by atoms with Crippen LogP contribution in [0.3, 0.4) is 0 Å². The molecular weight excluding hydrogens is 367 g/mol. The molecule has 2 aromatic carbocycles. The summed E-state index contributed by atoms with van der Waals surface area (Å²) >= 11 is 0. The van der Waals surface area contributed by atoms with Gasteiger partial charge in [-0.15, -0.1) is 0 Å². The summed E-state index contributed by atoms with van der Waals surface area (Å²) in [5.41, 5.74) is 1.09. The van der Waals surface area contributed by atoms with Gasteiger partial charge in [0.15, 0.2) is 11.6 Å². The molecule has 1 saturated heterocycles. The van der Waals surface area contributed by atoms with Gasteiger partial charge in [0.2, 0.25) is 0 Å². The highest BCUT2D eigenvalue weighted by Crippen LogP contribution is 2.30. The number of hydrogen-bond acceptors (Lipinski definition) is 3. The Morgan fingerprint density at radius 3 is 2.39 bits per heavy atom. The fourth-order valence-electron chi connectivity index (χ4n) is 3.60. The van der Waals surface area contributed by atoms with Gasteiger partial charge in [0.05, 0.1) is 11.1 Å². The molecule has 4 nitrogen and oxygen atoms in total. The highest BCUT2D eigenvalue weighted by atomic mass is 19.1. The lowest BCUT2D eigenvalue weighted by molar-refractivity contribution is 0.102. The number of pyridine rings is 1. The van der Waals surface area contributed by atoms with Gasteiger partial charge in [0.1, 0.15) is 11.5 Å². The Labute approximate surface area is 160 Å². The zero-order valence-electron chi connectivity index (χ0n) is 15.2. The fraction of sp³-hybridized carbons (Fsp3) is 0.238. The molecule has 0 saturated carbocycles. The maximum absolute atomic E-state index is 14.5. The van der Waals surface area contributed by atoms with E-state index >= 15 is 0 Å². The molecule has 0 spiro atoms. The number of halogens is 3. The summed E-state index contributed by atoms with van der Waals surface area (Å²) in [7, 11) is 0. The molecule has 0 radical (unpaired) electrons. The topological polar surface area (TPSA) is 45.2 Å². The van der Waals surface area contributed by atoms with Crippen molar-refractivity contribution < 1.29 is 18.0 Å². The zero-order valence-corrected chi connectivity index (χ0v) is 15.2. The third-order valence-electron chi connectivity index (χ3n) is 4.84. The molecule has 0 aliphatic carbocycles. The second-order valence-electron chi connectivity index (χ2n) is 6.91. The van der Waals surface area contributed by atoms with E-state index in [-0.39, 0.29) is 16.9 Å². The van der Waals surface area contributed by atoms with Gasteiger partial charge in [-0.05, 0) is 50.1 Å². The van der Waals surface area contributed by atoms with Crippen LogP contribution in [-0.2, 0) is 0 Å². The van der Waals surface area contributed by atoms with Crippen molar-refractivity contribution in [1.82, 2.24) is 4.98 Å². The number of rotatable bonds is 3. The number of hydrogen-bond donors (Lipinski definition) is 1. The molecule has 1 aliphatic heterocycles. The lowest BCUT2D eigenvalue weighted by Gasteiger charge is -2.20. The molecule has 1 aliphatic rings. The van der Waals surface area contributed by atoms with E-state index in [2.05, 4.69) is 10.3 Å². The number of aromatic nitrogens is 1. The van der Waals surface area contributed by atoms with E-state index in [4.69, 9.17) is 0 Å². The van der Waals surface area contributed by atoms with Crippen molar-refractivity contribution in [3.8, 4) is 0 Å². The molecule has 0 atom stereocenters. The maximum Gasteiger partial charge on any atom is 0.256 e. The molecular formula is C21H18F3N3O. The Morgan fingerprint density at radius 2 is 1.71 bits per heavy atom. The van der Waals surface area contributed by atoms with Gasteiger partial charge in [-0.25, -0.2) is 13.2 Å². The Hall–Kier alpha value is -3.09. The van der Waals surface area contributed by atoms with E-state index in [0.29, 0.717) is 29.7 Å². The normalized spacial score (nSPS) is 13.9. The van der Waals surface area contributed by atoms with Crippen LogP contribution in [0.4, 0.5) is 24.5 Å². The number of aryl methyl sites for hydroxylation is 1. The smallest absolute Gasteiger partial charge is 0.256 e. The molecule has 0 unspecified atom stereocenters. The Kier molecular flexibility index (Phi) is 4.66. The summed E-state index contributed by atoms with van der Waals surface area (Å²) < 4.78 is 42.5. The number of fused-ring (bicyclic) bond motifs is 1. The van der Waals surface area contributed by atoms with Gasteiger partial charge in [0.25, 0.3) is 5.91 Å². The summed E-state index contributed by atoms with van der Waals surface area (Å²) in [6.45, 7) is 2.90. The summed E-state index contributed by atoms with van der Waals surface area (Å²) in [6, 6.07) is 7.73. The maximum atomic E-state index is 14.5. The predicted molar refractivity (Wildman–Crippen MR) is 102 cm³/mol. The Bertz CT molecular complexity index is 1050. The van der Waals surface area contributed by atoms with Crippen molar-refractivity contribution in [3.05, 3.63) is 65.1 Å². The first-order valence-corrected chi connectivity index (χ1v) is 9.04. The molecule has 1 fully saturated rings. The molecule has 1 aromatic heterocycles. The first kappa shape index (κ1) is 18.3. The standard InChI is InChI=1S/C21H18F3N3O/c1-12-8-16(15-5-4-13(22)9-19(15)25-12)21(28)26-14-10-17(23)20(18(24)11-14)27-6-2-3-7-27/h4-5,8-11H,2-3,6-7H2,1H3,(H,26,28). The second-order valence-corrected chi connectivity index (χ2v) is 6.91. The zero-order chi connectivity index (χ0) is 19.8. The lowest BCUT2D eigenvalue weighted by Crippen LogP contribution is -2.21. The summed E-state index contributed by atoms with van der Waals surface area (Å²) in [6.07, 6.45) is 1.79. The average molecular weight is 385 g/mol. The van der Waals surface area contributed by atoms with Crippen LogP contribution in [0.1, 0.15) is 28.9 Å². The van der Waals surface area contributed by atoms with E-state index in [1.165, 1.54) is 18.2 Å². The van der Waals surface area contributed by atoms with Crippen LogP contribution in [0.5, 0.6) is 0 Å². The van der Waals surface area contributed by atoms with Gasteiger partial charge in [-0.3, -0.25) is 9.78 Å². The molecule has 7 heteroatoms. The second kappa shape index (κ2) is 7.14. The van der Waals surface area contributed by atoms with Gasteiger partial charge in [-0.2, -0.15) is 0 Å². The minimum Gasteiger partial charge on any atom is -0.367 e. The van der Waals surface area contributed by atoms with Crippen molar-refractivity contribution in [1.29, 1.82) is 0 Å². The molecule has 28 heavy (non-hydrogen) atoms. The highest BCUT2D eigenvalue weighted by molar-refractivity contribution is 6.12. The largest absolute Gasteiger partial charge is 0.367 e. The third kappa shape index (κ3) is 3.40. The van der Waals surface area contributed by atoms with Crippen LogP contribution in [0.15, 0.2) is 36.4 Å². The number of nitrogens with zero attached hydrogens (tertiary/aromatic N) is 2. The minimum absolute atomic E-state index is 0.0210.